The topological polar surface area (TPSA) is 46.5 Å². The molecular formula is C10H3F4NO2. The number of hydrogen-bond donors (Lipinski definition) is 0. The number of benzene rings is 1. The summed E-state index contributed by atoms with van der Waals surface area (Å²) >= 11 is 0. The molecule has 1 heterocycles. The summed E-state index contributed by atoms with van der Waals surface area (Å²) in [6.45, 7) is 0. The Balaban J connectivity index is 2.78. The number of alkyl halides is 1. The van der Waals surface area contributed by atoms with E-state index in [9.17, 15) is 27.2 Å². The fourth-order valence-corrected chi connectivity index (χ4v) is 1.55. The lowest BCUT2D eigenvalue weighted by Crippen LogP contribution is -2.29. The van der Waals surface area contributed by atoms with Crippen molar-refractivity contribution in [1.29, 1.82) is 0 Å². The summed E-state index contributed by atoms with van der Waals surface area (Å²) in [6, 6.07) is 1.31. The van der Waals surface area contributed by atoms with Crippen LogP contribution in [-0.4, -0.2) is 18.0 Å². The van der Waals surface area contributed by atoms with Crippen molar-refractivity contribution in [2.75, 3.05) is 0 Å². The van der Waals surface area contributed by atoms with E-state index in [0.29, 0.717) is 6.07 Å². The van der Waals surface area contributed by atoms with Gasteiger partial charge in [-0.1, -0.05) is 0 Å². The first-order valence-corrected chi connectivity index (χ1v) is 4.34. The Bertz CT molecular complexity index is 570. The molecule has 1 aromatic rings. The second kappa shape index (κ2) is 3.47. The summed E-state index contributed by atoms with van der Waals surface area (Å²) < 4.78 is 53.4. The molecule has 0 aromatic heterocycles. The smallest absolute Gasteiger partial charge is 0.294 e. The van der Waals surface area contributed by atoms with Crippen molar-refractivity contribution in [3.63, 3.8) is 0 Å². The van der Waals surface area contributed by atoms with E-state index >= 15 is 0 Å². The Morgan fingerprint density at radius 3 is 2.53 bits per heavy atom. The normalized spacial score (nSPS) is 22.0. The average Bonchev–Trinajstić information content (AvgIpc) is 2.56. The SMILES string of the molecule is O=CC(=O)C1(F)N=C(F)c2ccc(F)c(F)c21. The number of ketones is 1. The van der Waals surface area contributed by atoms with Gasteiger partial charge in [-0.05, 0) is 12.1 Å². The minimum Gasteiger partial charge on any atom is -0.294 e. The van der Waals surface area contributed by atoms with E-state index in [0.717, 1.165) is 6.07 Å². The number of rotatable bonds is 2. The number of nitrogens with zero attached hydrogens (tertiary/aromatic N) is 1. The van der Waals surface area contributed by atoms with E-state index in [-0.39, 0.29) is 0 Å². The Labute approximate surface area is 91.8 Å². The molecule has 0 saturated carbocycles. The standard InChI is InChI=1S/C10H3F4NO2/c11-5-2-1-4-7(8(5)12)10(14,6(17)3-16)15-9(4)13/h1-3H. The number of fused-ring (bicyclic) bond motifs is 1. The highest BCUT2D eigenvalue weighted by Gasteiger charge is 2.50. The molecule has 0 fully saturated rings. The van der Waals surface area contributed by atoms with Crippen molar-refractivity contribution in [1.82, 2.24) is 0 Å². The minimum atomic E-state index is -3.52. The molecule has 0 saturated heterocycles. The average molecular weight is 245 g/mol. The number of carbonyl (C=O) groups excluding carboxylic acids is 2. The van der Waals surface area contributed by atoms with Gasteiger partial charge >= 0.3 is 0 Å². The van der Waals surface area contributed by atoms with Gasteiger partial charge in [0, 0.05) is 5.56 Å². The van der Waals surface area contributed by atoms with Gasteiger partial charge in [0.2, 0.25) is 5.97 Å². The number of halogens is 4. The quantitative estimate of drug-likeness (QED) is 0.344. The molecule has 3 nitrogen and oxygen atoms in total. The highest BCUT2D eigenvalue weighted by Crippen LogP contribution is 2.40. The summed E-state index contributed by atoms with van der Waals surface area (Å²) in [4.78, 5) is 23.9. The maximum absolute atomic E-state index is 14.0. The van der Waals surface area contributed by atoms with Crippen molar-refractivity contribution in [3.8, 4) is 0 Å². The molecule has 0 N–H and O–H groups in total. The Kier molecular flexibility index (Phi) is 2.34. The zero-order valence-electron chi connectivity index (χ0n) is 8.01. The fraction of sp³-hybridized carbons (Fsp3) is 0.100. The van der Waals surface area contributed by atoms with Gasteiger partial charge in [0.1, 0.15) is 0 Å². The second-order valence-electron chi connectivity index (χ2n) is 3.29. The molecule has 0 aliphatic carbocycles. The molecule has 1 aliphatic rings. The van der Waals surface area contributed by atoms with Crippen molar-refractivity contribution < 1.29 is 27.2 Å². The molecule has 1 atom stereocenters. The van der Waals surface area contributed by atoms with Gasteiger partial charge in [-0.25, -0.2) is 18.2 Å². The fourth-order valence-electron chi connectivity index (χ4n) is 1.55. The van der Waals surface area contributed by atoms with Crippen LogP contribution in [0.5, 0.6) is 0 Å². The highest BCUT2D eigenvalue weighted by atomic mass is 19.2. The lowest BCUT2D eigenvalue weighted by molar-refractivity contribution is -0.138. The lowest BCUT2D eigenvalue weighted by atomic mass is 9.98. The van der Waals surface area contributed by atoms with Gasteiger partial charge in [-0.3, -0.25) is 9.59 Å². The summed E-state index contributed by atoms with van der Waals surface area (Å²) in [5.41, 5.74) is -1.88. The third kappa shape index (κ3) is 1.38. The predicted molar refractivity (Wildman–Crippen MR) is 47.9 cm³/mol. The van der Waals surface area contributed by atoms with Gasteiger partial charge in [0.05, 0.1) is 5.56 Å². The van der Waals surface area contributed by atoms with Crippen molar-refractivity contribution in [3.05, 3.63) is 34.9 Å². The highest BCUT2D eigenvalue weighted by molar-refractivity contribution is 6.30. The van der Waals surface area contributed by atoms with Gasteiger partial charge < -0.3 is 0 Å². The molecule has 1 unspecified atom stereocenters. The number of carbonyl (C=O) groups is 2. The molecule has 17 heavy (non-hydrogen) atoms. The summed E-state index contributed by atoms with van der Waals surface area (Å²) in [7, 11) is 0. The maximum Gasteiger partial charge on any atom is 0.297 e. The summed E-state index contributed by atoms with van der Waals surface area (Å²) in [5, 5.41) is 0. The van der Waals surface area contributed by atoms with E-state index < -0.39 is 46.6 Å². The molecular weight excluding hydrogens is 242 g/mol. The van der Waals surface area contributed by atoms with Crippen molar-refractivity contribution in [2.24, 2.45) is 4.99 Å². The zero-order chi connectivity index (χ0) is 12.8. The van der Waals surface area contributed by atoms with E-state index in [1.165, 1.54) is 0 Å². The molecule has 2 rings (SSSR count). The van der Waals surface area contributed by atoms with Crippen LogP contribution in [0.15, 0.2) is 17.1 Å². The van der Waals surface area contributed by atoms with E-state index in [1.807, 2.05) is 0 Å². The van der Waals surface area contributed by atoms with Crippen molar-refractivity contribution in [2.45, 2.75) is 5.79 Å². The molecule has 0 radical (unpaired) electrons. The Morgan fingerprint density at radius 2 is 1.94 bits per heavy atom. The molecule has 7 heteroatoms. The van der Waals surface area contributed by atoms with Crippen LogP contribution in [0.3, 0.4) is 0 Å². The largest absolute Gasteiger partial charge is 0.297 e. The van der Waals surface area contributed by atoms with Crippen LogP contribution in [0.4, 0.5) is 17.6 Å². The molecule has 0 amide bonds. The molecule has 1 aromatic carbocycles. The van der Waals surface area contributed by atoms with Crippen LogP contribution >= 0.6 is 0 Å². The van der Waals surface area contributed by atoms with E-state index in [1.54, 1.807) is 0 Å². The number of aldehydes is 1. The van der Waals surface area contributed by atoms with Gasteiger partial charge in [0.25, 0.3) is 11.6 Å². The number of aliphatic imine (C=N–C) groups is 1. The third-order valence-electron chi connectivity index (χ3n) is 2.33. The van der Waals surface area contributed by atoms with Crippen molar-refractivity contribution >= 4 is 18.0 Å². The van der Waals surface area contributed by atoms with Crippen LogP contribution in [0, 0.1) is 11.6 Å². The van der Waals surface area contributed by atoms with Crippen LogP contribution in [0.2, 0.25) is 0 Å². The zero-order valence-corrected chi connectivity index (χ0v) is 8.01. The van der Waals surface area contributed by atoms with Crippen LogP contribution in [0.1, 0.15) is 11.1 Å². The minimum absolute atomic E-state index is 0.462. The van der Waals surface area contributed by atoms with Crippen LogP contribution < -0.4 is 0 Å². The predicted octanol–water partition coefficient (Wildman–Crippen LogP) is 1.58. The van der Waals surface area contributed by atoms with Crippen LogP contribution in [0.25, 0.3) is 0 Å². The van der Waals surface area contributed by atoms with Crippen LogP contribution in [-0.2, 0) is 15.4 Å². The first kappa shape index (κ1) is 11.4. The molecule has 0 spiro atoms. The number of hydrogen-bond acceptors (Lipinski definition) is 3. The second-order valence-corrected chi connectivity index (χ2v) is 3.29. The molecule has 88 valence electrons. The lowest BCUT2D eigenvalue weighted by Gasteiger charge is -2.13. The first-order valence-electron chi connectivity index (χ1n) is 4.34. The number of Topliss-reactive ketones (excluding diaryl/α,β-unsaturated/α-hetero) is 1. The monoisotopic (exact) mass is 245 g/mol. The third-order valence-corrected chi connectivity index (χ3v) is 2.33. The summed E-state index contributed by atoms with van der Waals surface area (Å²) in [6.07, 6.45) is -0.462. The Hall–Kier alpha value is -2.05. The Morgan fingerprint density at radius 1 is 1.29 bits per heavy atom. The molecule has 1 aliphatic heterocycles. The van der Waals surface area contributed by atoms with Gasteiger partial charge in [0.15, 0.2) is 17.9 Å². The first-order chi connectivity index (χ1) is 7.91. The maximum atomic E-state index is 14.0. The van der Waals surface area contributed by atoms with E-state index in [4.69, 9.17) is 0 Å². The van der Waals surface area contributed by atoms with Gasteiger partial charge in [-0.15, -0.1) is 0 Å². The van der Waals surface area contributed by atoms with Gasteiger partial charge in [-0.2, -0.15) is 4.39 Å². The molecule has 0 bridgehead atoms. The summed E-state index contributed by atoms with van der Waals surface area (Å²) in [5.74, 6) is -9.98. The van der Waals surface area contributed by atoms with E-state index in [2.05, 4.69) is 4.99 Å².